The molecule has 1 atom stereocenters. The Balaban J connectivity index is 4.85. The maximum Gasteiger partial charge on any atom is 0.433 e. The smallest absolute Gasteiger partial charge is 0.433 e. The van der Waals surface area contributed by atoms with E-state index < -0.39 is 24.2 Å². The van der Waals surface area contributed by atoms with E-state index in [1.54, 1.807) is 0 Å². The van der Waals surface area contributed by atoms with E-state index in [1.165, 1.54) is 6.92 Å². The molecule has 0 saturated heterocycles. The summed E-state index contributed by atoms with van der Waals surface area (Å²) in [6, 6.07) is 0. The van der Waals surface area contributed by atoms with Crippen molar-refractivity contribution in [2.24, 2.45) is 0 Å². The van der Waals surface area contributed by atoms with E-state index in [2.05, 4.69) is 0 Å². The minimum absolute atomic E-state index is 0.821. The lowest BCUT2D eigenvalue weighted by Gasteiger charge is -2.21. The van der Waals surface area contributed by atoms with E-state index >= 15 is 0 Å². The van der Waals surface area contributed by atoms with Crippen LogP contribution in [0.25, 0.3) is 0 Å². The maximum atomic E-state index is 12.8. The van der Waals surface area contributed by atoms with Crippen molar-refractivity contribution in [2.75, 3.05) is 0 Å². The van der Waals surface area contributed by atoms with Gasteiger partial charge in [-0.2, -0.15) is 13.2 Å². The van der Waals surface area contributed by atoms with Crippen LogP contribution in [0.4, 0.5) is 17.6 Å². The Morgan fingerprint density at radius 2 is 1.85 bits per heavy atom. The minimum atomic E-state index is -5.39. The van der Waals surface area contributed by atoms with Gasteiger partial charge in [0.15, 0.2) is 0 Å². The summed E-state index contributed by atoms with van der Waals surface area (Å²) in [5.74, 6) is -2.52. The summed E-state index contributed by atoms with van der Waals surface area (Å²) in [5, 5.41) is 8.07. The number of alkyl halides is 4. The summed E-state index contributed by atoms with van der Waals surface area (Å²) >= 11 is 0. The monoisotopic (exact) mass is 200 g/mol. The molecule has 0 saturated carbocycles. The lowest BCUT2D eigenvalue weighted by atomic mass is 10.0. The van der Waals surface area contributed by atoms with Crippen molar-refractivity contribution in [1.82, 2.24) is 0 Å². The zero-order chi connectivity index (χ0) is 10.7. The molecule has 13 heavy (non-hydrogen) atoms. The summed E-state index contributed by atoms with van der Waals surface area (Å²) in [5.41, 5.74) is -4.18. The Labute approximate surface area is 71.9 Å². The van der Waals surface area contributed by atoms with Crippen LogP contribution in [0.15, 0.2) is 12.2 Å². The molecule has 0 spiro atoms. The molecule has 0 aromatic heterocycles. The second kappa shape index (κ2) is 3.76. The fourth-order valence-electron chi connectivity index (χ4n) is 0.605. The van der Waals surface area contributed by atoms with Gasteiger partial charge >= 0.3 is 17.8 Å². The van der Waals surface area contributed by atoms with E-state index in [0.29, 0.717) is 0 Å². The summed E-state index contributed by atoms with van der Waals surface area (Å²) in [6.07, 6.45) is -4.62. The van der Waals surface area contributed by atoms with Crippen molar-refractivity contribution in [1.29, 1.82) is 0 Å². The molecule has 1 N–H and O–H groups in total. The molecule has 76 valence electrons. The van der Waals surface area contributed by atoms with E-state index in [1.807, 2.05) is 0 Å². The first-order chi connectivity index (χ1) is 5.75. The Hall–Kier alpha value is -1.07. The van der Waals surface area contributed by atoms with Crippen LogP contribution in [0.5, 0.6) is 0 Å². The SMILES string of the molecule is CC=CC[C@](F)(C(=O)O)C(F)(F)F. The van der Waals surface area contributed by atoms with Crippen molar-refractivity contribution in [3.05, 3.63) is 12.2 Å². The third-order valence-electron chi connectivity index (χ3n) is 1.42. The molecule has 2 nitrogen and oxygen atoms in total. The first kappa shape index (κ1) is 11.9. The molecule has 0 radical (unpaired) electrons. The van der Waals surface area contributed by atoms with Crippen LogP contribution in [0.1, 0.15) is 13.3 Å². The lowest BCUT2D eigenvalue weighted by Crippen LogP contribution is -2.47. The molecule has 0 aliphatic rings. The second-order valence-corrected chi connectivity index (χ2v) is 2.38. The first-order valence-electron chi connectivity index (χ1n) is 3.36. The second-order valence-electron chi connectivity index (χ2n) is 2.38. The average molecular weight is 200 g/mol. The highest BCUT2D eigenvalue weighted by molar-refractivity contribution is 5.78. The van der Waals surface area contributed by atoms with Crippen molar-refractivity contribution in [2.45, 2.75) is 25.2 Å². The Morgan fingerprint density at radius 3 is 2.08 bits per heavy atom. The van der Waals surface area contributed by atoms with Crippen LogP contribution in [-0.4, -0.2) is 22.9 Å². The maximum absolute atomic E-state index is 12.8. The summed E-state index contributed by atoms with van der Waals surface area (Å²) in [7, 11) is 0. The van der Waals surface area contributed by atoms with Crippen LogP contribution in [0.3, 0.4) is 0 Å². The van der Waals surface area contributed by atoms with Crippen LogP contribution in [-0.2, 0) is 4.79 Å². The molecule has 6 heteroatoms. The number of carboxylic acid groups (broad SMARTS) is 1. The molecule has 0 heterocycles. The van der Waals surface area contributed by atoms with E-state index in [9.17, 15) is 22.4 Å². The minimum Gasteiger partial charge on any atom is -0.479 e. The molecule has 0 aliphatic heterocycles. The number of carbonyl (C=O) groups is 1. The molecule has 0 rings (SSSR count). The van der Waals surface area contributed by atoms with Crippen LogP contribution in [0, 0.1) is 0 Å². The van der Waals surface area contributed by atoms with Gasteiger partial charge in [-0.15, -0.1) is 0 Å². The van der Waals surface area contributed by atoms with Gasteiger partial charge in [-0.05, 0) is 6.92 Å². The molecule has 0 unspecified atom stereocenters. The third-order valence-corrected chi connectivity index (χ3v) is 1.42. The normalized spacial score (nSPS) is 17.3. The molecule has 0 fully saturated rings. The largest absolute Gasteiger partial charge is 0.479 e. The van der Waals surface area contributed by atoms with Crippen LogP contribution >= 0.6 is 0 Å². The lowest BCUT2D eigenvalue weighted by molar-refractivity contribution is -0.235. The van der Waals surface area contributed by atoms with Gasteiger partial charge in [-0.1, -0.05) is 12.2 Å². The number of allylic oxidation sites excluding steroid dienone is 2. The zero-order valence-electron chi connectivity index (χ0n) is 6.73. The van der Waals surface area contributed by atoms with E-state index in [4.69, 9.17) is 5.11 Å². The Kier molecular flexibility index (Phi) is 3.45. The van der Waals surface area contributed by atoms with Gasteiger partial charge in [0.2, 0.25) is 0 Å². The molecule has 0 bridgehead atoms. The molecule has 0 aromatic carbocycles. The standard InChI is InChI=1S/C7H8F4O2/c1-2-3-4-6(8,5(12)13)7(9,10)11/h2-3H,4H2,1H3,(H,12,13)/t6-/m0/s1. The fraction of sp³-hybridized carbons (Fsp3) is 0.571. The van der Waals surface area contributed by atoms with Crippen molar-refractivity contribution < 1.29 is 27.5 Å². The van der Waals surface area contributed by atoms with Gasteiger partial charge in [-0.25, -0.2) is 9.18 Å². The topological polar surface area (TPSA) is 37.3 Å². The number of carboxylic acids is 1. The summed E-state index contributed by atoms with van der Waals surface area (Å²) < 4.78 is 48.5. The van der Waals surface area contributed by atoms with E-state index in [0.717, 1.165) is 12.2 Å². The van der Waals surface area contributed by atoms with Crippen molar-refractivity contribution in [3.8, 4) is 0 Å². The van der Waals surface area contributed by atoms with E-state index in [-0.39, 0.29) is 0 Å². The predicted octanol–water partition coefficient (Wildman–Crippen LogP) is 2.31. The van der Waals surface area contributed by atoms with Crippen molar-refractivity contribution in [3.63, 3.8) is 0 Å². The molecule has 0 aromatic rings. The van der Waals surface area contributed by atoms with Crippen LogP contribution < -0.4 is 0 Å². The van der Waals surface area contributed by atoms with Gasteiger partial charge in [0.05, 0.1) is 0 Å². The molecule has 0 aliphatic carbocycles. The Bertz CT molecular complexity index is 221. The number of aliphatic carboxylic acids is 1. The van der Waals surface area contributed by atoms with Gasteiger partial charge in [-0.3, -0.25) is 0 Å². The fourth-order valence-corrected chi connectivity index (χ4v) is 0.605. The third kappa shape index (κ3) is 2.43. The quantitative estimate of drug-likeness (QED) is 0.560. The predicted molar refractivity (Wildman–Crippen MR) is 37.0 cm³/mol. The average Bonchev–Trinajstić information content (AvgIpc) is 1.97. The highest BCUT2D eigenvalue weighted by Gasteiger charge is 2.61. The van der Waals surface area contributed by atoms with Gasteiger partial charge < -0.3 is 5.11 Å². The van der Waals surface area contributed by atoms with Gasteiger partial charge in [0, 0.05) is 6.42 Å². The Morgan fingerprint density at radius 1 is 1.38 bits per heavy atom. The van der Waals surface area contributed by atoms with Crippen molar-refractivity contribution >= 4 is 5.97 Å². The highest BCUT2D eigenvalue weighted by atomic mass is 19.4. The number of rotatable bonds is 3. The first-order valence-corrected chi connectivity index (χ1v) is 3.36. The van der Waals surface area contributed by atoms with Gasteiger partial charge in [0.25, 0.3) is 0 Å². The number of halogens is 4. The number of hydrogen-bond acceptors (Lipinski definition) is 1. The molecule has 0 amide bonds. The number of hydrogen-bond donors (Lipinski definition) is 1. The van der Waals surface area contributed by atoms with Gasteiger partial charge in [0.1, 0.15) is 0 Å². The molecular formula is C7H8F4O2. The van der Waals surface area contributed by atoms with Crippen LogP contribution in [0.2, 0.25) is 0 Å². The zero-order valence-corrected chi connectivity index (χ0v) is 6.73. The summed E-state index contributed by atoms with van der Waals surface area (Å²) in [4.78, 5) is 10.0. The molecular weight excluding hydrogens is 192 g/mol. The summed E-state index contributed by atoms with van der Waals surface area (Å²) in [6.45, 7) is 1.37. The highest BCUT2D eigenvalue weighted by Crippen LogP contribution is 2.37.